The third-order valence-corrected chi connectivity index (χ3v) is 6.69. The first-order valence-corrected chi connectivity index (χ1v) is 13.5. The molecule has 0 aliphatic heterocycles. The molecule has 0 bridgehead atoms. The first-order chi connectivity index (χ1) is 13.7. The molecule has 30 heavy (non-hydrogen) atoms. The monoisotopic (exact) mass is 479 g/mol. The summed E-state index contributed by atoms with van der Waals surface area (Å²) in [6.07, 6.45) is 19.2. The number of carbonyl (C=O) groups is 2. The Morgan fingerprint density at radius 2 is 1.13 bits per heavy atom. The van der Waals surface area contributed by atoms with Gasteiger partial charge < -0.3 is 10.2 Å². The minimum atomic E-state index is -4.84. The zero-order chi connectivity index (χ0) is 22.5. The predicted molar refractivity (Wildman–Crippen MR) is 126 cm³/mol. The van der Waals surface area contributed by atoms with Crippen molar-refractivity contribution in [2.75, 3.05) is 12.3 Å². The number of rotatable bonds is 18. The van der Waals surface area contributed by atoms with Gasteiger partial charge in [-0.2, -0.15) is 8.42 Å². The molecule has 7 nitrogen and oxygen atoms in total. The van der Waals surface area contributed by atoms with E-state index in [1.807, 2.05) is 0 Å². The summed E-state index contributed by atoms with van der Waals surface area (Å²) in [6, 6.07) is 0. The fraction of sp³-hybridized carbons (Fsp3) is 0.900. The van der Waals surface area contributed by atoms with Gasteiger partial charge in [0.1, 0.15) is 0 Å². The van der Waals surface area contributed by atoms with Crippen molar-refractivity contribution in [1.29, 1.82) is 0 Å². The number of carboxylic acid groups (broad SMARTS) is 2. The van der Waals surface area contributed by atoms with E-state index >= 15 is 0 Å². The van der Waals surface area contributed by atoms with E-state index in [4.69, 9.17) is 14.8 Å². The van der Waals surface area contributed by atoms with Crippen LogP contribution in [0.15, 0.2) is 0 Å². The molecule has 0 saturated heterocycles. The van der Waals surface area contributed by atoms with E-state index < -0.39 is 33.7 Å². The summed E-state index contributed by atoms with van der Waals surface area (Å²) in [5, 5.41) is 13.9. The fourth-order valence-electron chi connectivity index (χ4n) is 2.60. The number of aliphatic carboxylic acids is 2. The first kappa shape index (κ1) is 34.9. The van der Waals surface area contributed by atoms with Crippen molar-refractivity contribution in [2.24, 2.45) is 0 Å². The predicted octanol–water partition coefficient (Wildman–Crippen LogP) is 4.81. The van der Waals surface area contributed by atoms with Crippen LogP contribution in [0.3, 0.4) is 0 Å². The summed E-state index contributed by atoms with van der Waals surface area (Å²) < 4.78 is 28.7. The van der Waals surface area contributed by atoms with Gasteiger partial charge in [-0.25, -0.2) is 0 Å². The summed E-state index contributed by atoms with van der Waals surface area (Å²) >= 11 is 0. The second kappa shape index (κ2) is 23.9. The summed E-state index contributed by atoms with van der Waals surface area (Å²) in [6.45, 7) is 4.58. The first-order valence-electron chi connectivity index (χ1n) is 10.7. The number of hydrogen-bond donors (Lipinski definition) is 3. The Kier molecular flexibility index (Phi) is 27.8. The Bertz CT molecular complexity index is 501. The molecule has 0 amide bonds. The molecule has 0 fully saturated rings. The Hall–Kier alpha value is 0.280. The maximum atomic E-state index is 10.2. The summed E-state index contributed by atoms with van der Waals surface area (Å²) in [4.78, 5) is 20.0. The molecule has 3 N–H and O–H groups in total. The Labute approximate surface area is 207 Å². The van der Waals surface area contributed by atoms with Gasteiger partial charge in [0.25, 0.3) is 10.1 Å². The standard InChI is InChI=1S/C16H34P.C4H6O7S.Na.H/c1-3-5-7-9-11-13-15-17-16-14-12-10-8-6-4-2;5-3(6)1-2(4(7)8)12(9,10)11;;/h3-16H2,1-2H3;2H,1H2,(H,5,6)(H,7,8)(H,9,10,11);;. The molecule has 0 rings (SSSR count). The van der Waals surface area contributed by atoms with E-state index in [-0.39, 0.29) is 29.6 Å². The Balaban J connectivity index is -0.000000497. The molecule has 0 aromatic heterocycles. The molecule has 0 saturated carbocycles. The van der Waals surface area contributed by atoms with Crippen LogP contribution in [0.2, 0.25) is 0 Å². The van der Waals surface area contributed by atoms with Gasteiger partial charge in [0.15, 0.2) is 5.25 Å². The van der Waals surface area contributed by atoms with Gasteiger partial charge in [0.2, 0.25) is 0 Å². The SMILES string of the molecule is CCCCCCCC[P]CCCCCCCC.O=C(O)CC(C(=O)O)S(=O)(=O)O.[NaH]. The maximum absolute atomic E-state index is 10.2. The van der Waals surface area contributed by atoms with Gasteiger partial charge in [-0.05, 0) is 25.2 Å². The Morgan fingerprint density at radius 3 is 1.40 bits per heavy atom. The molecular weight excluding hydrogens is 438 g/mol. The molecule has 175 valence electrons. The zero-order valence-electron chi connectivity index (χ0n) is 18.0. The van der Waals surface area contributed by atoms with Crippen molar-refractivity contribution >= 4 is 60.2 Å². The van der Waals surface area contributed by atoms with Crippen molar-refractivity contribution in [1.82, 2.24) is 0 Å². The van der Waals surface area contributed by atoms with E-state index in [9.17, 15) is 18.0 Å². The average molecular weight is 480 g/mol. The van der Waals surface area contributed by atoms with Crippen molar-refractivity contribution in [2.45, 2.75) is 103 Å². The normalized spacial score (nSPS) is 11.7. The molecule has 0 spiro atoms. The van der Waals surface area contributed by atoms with Crippen LogP contribution in [0.1, 0.15) is 97.3 Å². The zero-order valence-corrected chi connectivity index (χ0v) is 19.7. The molecule has 0 heterocycles. The fourth-order valence-corrected chi connectivity index (χ4v) is 4.32. The summed E-state index contributed by atoms with van der Waals surface area (Å²) in [5.41, 5.74) is 0. The third-order valence-electron chi connectivity index (χ3n) is 4.33. The van der Waals surface area contributed by atoms with Gasteiger partial charge in [-0.15, -0.1) is 0 Å². The van der Waals surface area contributed by atoms with E-state index in [1.54, 1.807) is 8.58 Å². The van der Waals surface area contributed by atoms with E-state index in [1.165, 1.54) is 89.4 Å². The van der Waals surface area contributed by atoms with Crippen LogP contribution in [-0.2, 0) is 19.7 Å². The number of carboxylic acids is 2. The summed E-state index contributed by atoms with van der Waals surface area (Å²) in [5.74, 6) is -3.50. The van der Waals surface area contributed by atoms with Gasteiger partial charge >= 0.3 is 41.5 Å². The molecule has 0 aliphatic rings. The van der Waals surface area contributed by atoms with Crippen LogP contribution >= 0.6 is 8.58 Å². The van der Waals surface area contributed by atoms with Crippen molar-refractivity contribution in [3.63, 3.8) is 0 Å². The summed E-state index contributed by atoms with van der Waals surface area (Å²) in [7, 11) is -3.12. The van der Waals surface area contributed by atoms with Crippen LogP contribution in [0, 0.1) is 0 Å². The number of unbranched alkanes of at least 4 members (excludes halogenated alkanes) is 10. The molecule has 10 heteroatoms. The van der Waals surface area contributed by atoms with E-state index in [0.717, 1.165) is 0 Å². The molecule has 0 aromatic carbocycles. The van der Waals surface area contributed by atoms with Crippen LogP contribution in [-0.4, -0.2) is 82.3 Å². The van der Waals surface area contributed by atoms with Crippen molar-refractivity contribution in [3.8, 4) is 0 Å². The van der Waals surface area contributed by atoms with Gasteiger partial charge in [0.05, 0.1) is 6.42 Å². The van der Waals surface area contributed by atoms with Crippen LogP contribution < -0.4 is 0 Å². The van der Waals surface area contributed by atoms with Crippen LogP contribution in [0.25, 0.3) is 0 Å². The topological polar surface area (TPSA) is 129 Å². The van der Waals surface area contributed by atoms with E-state index in [2.05, 4.69) is 13.8 Å². The van der Waals surface area contributed by atoms with Crippen LogP contribution in [0.5, 0.6) is 0 Å². The molecule has 0 aliphatic carbocycles. The molecule has 1 unspecified atom stereocenters. The molecule has 0 aromatic rings. The third kappa shape index (κ3) is 26.3. The van der Waals surface area contributed by atoms with Gasteiger partial charge in [-0.3, -0.25) is 14.1 Å². The molecule has 1 radical (unpaired) electrons. The second-order valence-corrected chi connectivity index (χ2v) is 10.1. The molecular formula is C20H41NaO7PS. The van der Waals surface area contributed by atoms with Crippen molar-refractivity contribution in [3.05, 3.63) is 0 Å². The van der Waals surface area contributed by atoms with Gasteiger partial charge in [0, 0.05) is 0 Å². The number of hydrogen-bond acceptors (Lipinski definition) is 4. The van der Waals surface area contributed by atoms with Crippen LogP contribution in [0.4, 0.5) is 0 Å². The van der Waals surface area contributed by atoms with Crippen molar-refractivity contribution < 1.29 is 32.8 Å². The van der Waals surface area contributed by atoms with Gasteiger partial charge in [-0.1, -0.05) is 86.6 Å². The molecule has 1 atom stereocenters. The Morgan fingerprint density at radius 1 is 0.767 bits per heavy atom. The average Bonchev–Trinajstić information content (AvgIpc) is 2.63. The quantitative estimate of drug-likeness (QED) is 0.111. The second-order valence-electron chi connectivity index (χ2n) is 7.15. The minimum absolute atomic E-state index is 0. The van der Waals surface area contributed by atoms with E-state index in [0.29, 0.717) is 0 Å².